The Morgan fingerprint density at radius 3 is 2.30 bits per heavy atom. The molecule has 0 radical (unpaired) electrons. The molecule has 0 fully saturated rings. The van der Waals surface area contributed by atoms with E-state index < -0.39 is 0 Å². The summed E-state index contributed by atoms with van der Waals surface area (Å²) in [4.78, 5) is 4.10. The number of pyridine rings is 1. The standard InChI is InChI=1S/C21H17ClN4S/c1-15-2-8-19(9-3-15)26-20(17-10-12-23-13-11-17)24-25-21(26)27-14-16-4-6-18(22)7-5-16/h2-13H,14H2,1H3. The summed E-state index contributed by atoms with van der Waals surface area (Å²) in [6, 6.07) is 20.2. The molecule has 0 saturated heterocycles. The molecule has 4 nitrogen and oxygen atoms in total. The van der Waals surface area contributed by atoms with Gasteiger partial charge in [-0.15, -0.1) is 10.2 Å². The first-order chi connectivity index (χ1) is 13.2. The van der Waals surface area contributed by atoms with E-state index in [1.54, 1.807) is 24.2 Å². The van der Waals surface area contributed by atoms with Gasteiger partial charge in [-0.05, 0) is 48.9 Å². The molecule has 0 aliphatic carbocycles. The number of benzene rings is 2. The molecule has 2 aromatic heterocycles. The van der Waals surface area contributed by atoms with E-state index in [-0.39, 0.29) is 0 Å². The fraction of sp³-hybridized carbons (Fsp3) is 0.0952. The number of aromatic nitrogens is 4. The fourth-order valence-corrected chi connectivity index (χ4v) is 3.74. The summed E-state index contributed by atoms with van der Waals surface area (Å²) < 4.78 is 2.09. The van der Waals surface area contributed by atoms with Crippen LogP contribution in [0.15, 0.2) is 78.2 Å². The van der Waals surface area contributed by atoms with Crippen LogP contribution in [-0.4, -0.2) is 19.7 Å². The Morgan fingerprint density at radius 2 is 1.59 bits per heavy atom. The first kappa shape index (κ1) is 17.8. The normalized spacial score (nSPS) is 10.9. The van der Waals surface area contributed by atoms with Crippen LogP contribution in [-0.2, 0) is 5.75 Å². The van der Waals surface area contributed by atoms with Crippen molar-refractivity contribution >= 4 is 23.4 Å². The zero-order valence-corrected chi connectivity index (χ0v) is 16.3. The Morgan fingerprint density at radius 1 is 0.889 bits per heavy atom. The molecule has 4 aromatic rings. The van der Waals surface area contributed by atoms with Crippen molar-refractivity contribution in [3.05, 3.63) is 89.2 Å². The van der Waals surface area contributed by atoms with Gasteiger partial charge in [0.15, 0.2) is 11.0 Å². The quantitative estimate of drug-likeness (QED) is 0.415. The smallest absolute Gasteiger partial charge is 0.196 e. The summed E-state index contributed by atoms with van der Waals surface area (Å²) in [5.41, 5.74) is 4.42. The molecule has 0 spiro atoms. The molecule has 4 rings (SSSR count). The topological polar surface area (TPSA) is 43.6 Å². The van der Waals surface area contributed by atoms with Crippen molar-refractivity contribution in [1.29, 1.82) is 0 Å². The van der Waals surface area contributed by atoms with Crippen molar-refractivity contribution in [3.8, 4) is 17.1 Å². The molecule has 27 heavy (non-hydrogen) atoms. The van der Waals surface area contributed by atoms with Crippen LogP contribution in [0.4, 0.5) is 0 Å². The van der Waals surface area contributed by atoms with Crippen LogP contribution in [0.25, 0.3) is 17.1 Å². The van der Waals surface area contributed by atoms with Gasteiger partial charge in [0.25, 0.3) is 0 Å². The SMILES string of the molecule is Cc1ccc(-n2c(SCc3ccc(Cl)cc3)nnc2-c2ccncc2)cc1. The summed E-state index contributed by atoms with van der Waals surface area (Å²) in [7, 11) is 0. The zero-order chi connectivity index (χ0) is 18.6. The second-order valence-corrected chi connectivity index (χ2v) is 7.51. The van der Waals surface area contributed by atoms with Gasteiger partial charge in [0.2, 0.25) is 0 Å². The third kappa shape index (κ3) is 4.04. The van der Waals surface area contributed by atoms with Crippen molar-refractivity contribution in [2.45, 2.75) is 17.8 Å². The van der Waals surface area contributed by atoms with E-state index in [9.17, 15) is 0 Å². The van der Waals surface area contributed by atoms with Crippen LogP contribution in [0.1, 0.15) is 11.1 Å². The molecule has 6 heteroatoms. The minimum absolute atomic E-state index is 0.742. The van der Waals surface area contributed by atoms with Crippen LogP contribution in [0.3, 0.4) is 0 Å². The predicted molar refractivity (Wildman–Crippen MR) is 110 cm³/mol. The minimum Gasteiger partial charge on any atom is -0.270 e. The van der Waals surface area contributed by atoms with Crippen molar-refractivity contribution in [2.75, 3.05) is 0 Å². The van der Waals surface area contributed by atoms with E-state index in [0.717, 1.165) is 33.0 Å². The molecular formula is C21H17ClN4S. The molecule has 0 saturated carbocycles. The van der Waals surface area contributed by atoms with Crippen molar-refractivity contribution < 1.29 is 0 Å². The van der Waals surface area contributed by atoms with Gasteiger partial charge < -0.3 is 0 Å². The van der Waals surface area contributed by atoms with Gasteiger partial charge in [-0.25, -0.2) is 0 Å². The lowest BCUT2D eigenvalue weighted by Gasteiger charge is -2.11. The maximum atomic E-state index is 5.98. The van der Waals surface area contributed by atoms with Gasteiger partial charge in [-0.3, -0.25) is 9.55 Å². The lowest BCUT2D eigenvalue weighted by atomic mass is 10.2. The average molecular weight is 393 g/mol. The van der Waals surface area contributed by atoms with Gasteiger partial charge in [0.1, 0.15) is 0 Å². The van der Waals surface area contributed by atoms with Gasteiger partial charge in [-0.1, -0.05) is 53.2 Å². The van der Waals surface area contributed by atoms with Crippen LogP contribution < -0.4 is 0 Å². The highest BCUT2D eigenvalue weighted by Crippen LogP contribution is 2.29. The molecule has 0 atom stereocenters. The largest absolute Gasteiger partial charge is 0.270 e. The molecule has 0 unspecified atom stereocenters. The second-order valence-electron chi connectivity index (χ2n) is 6.13. The van der Waals surface area contributed by atoms with E-state index in [2.05, 4.69) is 50.9 Å². The average Bonchev–Trinajstić information content (AvgIpc) is 3.13. The van der Waals surface area contributed by atoms with Crippen LogP contribution in [0.2, 0.25) is 5.02 Å². The summed E-state index contributed by atoms with van der Waals surface area (Å²) >= 11 is 7.63. The van der Waals surface area contributed by atoms with E-state index >= 15 is 0 Å². The Bertz CT molecular complexity index is 1030. The first-order valence-electron chi connectivity index (χ1n) is 8.51. The van der Waals surface area contributed by atoms with Gasteiger partial charge >= 0.3 is 0 Å². The Hall–Kier alpha value is -2.63. The number of nitrogens with zero attached hydrogens (tertiary/aromatic N) is 4. The third-order valence-corrected chi connectivity index (χ3v) is 5.40. The maximum absolute atomic E-state index is 5.98. The molecule has 0 amide bonds. The monoisotopic (exact) mass is 392 g/mol. The number of hydrogen-bond donors (Lipinski definition) is 0. The molecule has 0 bridgehead atoms. The van der Waals surface area contributed by atoms with E-state index in [1.165, 1.54) is 11.1 Å². The maximum Gasteiger partial charge on any atom is 0.196 e. The highest BCUT2D eigenvalue weighted by atomic mass is 35.5. The molecular weight excluding hydrogens is 376 g/mol. The highest BCUT2D eigenvalue weighted by Gasteiger charge is 2.16. The lowest BCUT2D eigenvalue weighted by molar-refractivity contribution is 0.885. The molecule has 0 N–H and O–H groups in total. The van der Waals surface area contributed by atoms with Crippen molar-refractivity contribution in [1.82, 2.24) is 19.7 Å². The number of aryl methyl sites for hydroxylation is 1. The van der Waals surface area contributed by atoms with Crippen LogP contribution >= 0.6 is 23.4 Å². The summed E-state index contributed by atoms with van der Waals surface area (Å²) in [6.07, 6.45) is 3.54. The van der Waals surface area contributed by atoms with Gasteiger partial charge in [0.05, 0.1) is 0 Å². The van der Waals surface area contributed by atoms with E-state index in [4.69, 9.17) is 11.6 Å². The van der Waals surface area contributed by atoms with Crippen molar-refractivity contribution in [3.63, 3.8) is 0 Å². The Kier molecular flexibility index (Phi) is 5.23. The van der Waals surface area contributed by atoms with E-state index in [0.29, 0.717) is 0 Å². The van der Waals surface area contributed by atoms with Crippen LogP contribution in [0.5, 0.6) is 0 Å². The number of halogens is 1. The molecule has 134 valence electrons. The summed E-state index contributed by atoms with van der Waals surface area (Å²) in [6.45, 7) is 2.08. The minimum atomic E-state index is 0.742. The van der Waals surface area contributed by atoms with Gasteiger partial charge in [-0.2, -0.15) is 0 Å². The molecule has 0 aliphatic rings. The number of rotatable bonds is 5. The highest BCUT2D eigenvalue weighted by molar-refractivity contribution is 7.98. The van der Waals surface area contributed by atoms with Crippen LogP contribution in [0, 0.1) is 6.92 Å². The Labute approximate surface area is 167 Å². The van der Waals surface area contributed by atoms with Gasteiger partial charge in [0, 0.05) is 34.4 Å². The summed E-state index contributed by atoms with van der Waals surface area (Å²) in [5.74, 6) is 1.59. The zero-order valence-electron chi connectivity index (χ0n) is 14.7. The Balaban J connectivity index is 1.71. The number of thioether (sulfide) groups is 1. The fourth-order valence-electron chi connectivity index (χ4n) is 2.71. The third-order valence-electron chi connectivity index (χ3n) is 4.15. The summed E-state index contributed by atoms with van der Waals surface area (Å²) in [5, 5.41) is 10.5. The van der Waals surface area contributed by atoms with E-state index in [1.807, 2.05) is 36.4 Å². The first-order valence-corrected chi connectivity index (χ1v) is 9.87. The van der Waals surface area contributed by atoms with Crippen molar-refractivity contribution in [2.24, 2.45) is 0 Å². The second kappa shape index (κ2) is 7.94. The lowest BCUT2D eigenvalue weighted by Crippen LogP contribution is -2.00. The number of hydrogen-bond acceptors (Lipinski definition) is 4. The molecule has 0 aliphatic heterocycles. The predicted octanol–water partition coefficient (Wildman–Crippen LogP) is 5.58. The molecule has 2 aromatic carbocycles. The molecule has 2 heterocycles.